The first-order valence-corrected chi connectivity index (χ1v) is 19.9. The van der Waals surface area contributed by atoms with E-state index >= 15 is 0 Å². The molecule has 2 amide bonds. The summed E-state index contributed by atoms with van der Waals surface area (Å²) in [6.45, 7) is 7.16. The molecule has 0 aromatic rings. The van der Waals surface area contributed by atoms with Crippen LogP contribution in [0.15, 0.2) is 48.6 Å². The van der Waals surface area contributed by atoms with Gasteiger partial charge in [-0.1, -0.05) is 152 Å². The van der Waals surface area contributed by atoms with Crippen molar-refractivity contribution in [1.29, 1.82) is 0 Å². The third-order valence-corrected chi connectivity index (χ3v) is 8.99. The van der Waals surface area contributed by atoms with Crippen LogP contribution in [-0.4, -0.2) is 37.6 Å². The Labute approximate surface area is 288 Å². The number of primary amides is 1. The maximum Gasteiger partial charge on any atom is 0.312 e. The van der Waals surface area contributed by atoms with Crippen LogP contribution in [-0.2, 0) is 0 Å². The number of likely N-dealkylation sites (N-methyl/N-ethyl adjacent to an activating group) is 1. The van der Waals surface area contributed by atoms with Gasteiger partial charge in [-0.15, -0.1) is 0 Å². The molecule has 0 radical (unpaired) electrons. The Morgan fingerprint density at radius 1 is 0.565 bits per heavy atom. The number of carbonyl (C=O) groups excluding carboxylic acids is 1. The molecule has 268 valence electrons. The van der Waals surface area contributed by atoms with Crippen molar-refractivity contribution in [2.24, 2.45) is 11.7 Å². The summed E-state index contributed by atoms with van der Waals surface area (Å²) in [5, 5.41) is 2.74. The number of nitrogens with one attached hydrogen (secondary N) is 1. The Morgan fingerprint density at radius 2 is 0.935 bits per heavy atom. The van der Waals surface area contributed by atoms with Crippen LogP contribution in [0, 0.1) is 5.92 Å². The minimum Gasteiger partial charge on any atom is -0.352 e. The molecule has 3 N–H and O–H groups in total. The van der Waals surface area contributed by atoms with Gasteiger partial charge in [-0.3, -0.25) is 0 Å². The normalized spacial score (nSPS) is 12.4. The molecule has 0 atom stereocenters. The molecule has 0 aromatic heterocycles. The van der Waals surface area contributed by atoms with Gasteiger partial charge in [0.25, 0.3) is 0 Å². The van der Waals surface area contributed by atoms with Crippen LogP contribution >= 0.6 is 0 Å². The standard InChI is InChI=1S/C42H79N3O/c1-4-6-8-10-12-14-16-18-20-22-24-26-28-30-32-34-36-41(40-45(3)39-38-44-42(43)46)37-35-33-31-29-27-25-23-21-19-17-15-13-11-9-7-5-2/h12-15,18-21,41H,4-11,16-17,22-40H2,1-3H3,(H3,43,44,46)/b14-12-,15-13-,20-18-,21-19-. The van der Waals surface area contributed by atoms with E-state index in [2.05, 4.69) is 79.7 Å². The minimum absolute atomic E-state index is 0.423. The van der Waals surface area contributed by atoms with E-state index in [1.54, 1.807) is 0 Å². The van der Waals surface area contributed by atoms with E-state index < -0.39 is 6.03 Å². The Hall–Kier alpha value is -1.81. The molecule has 0 aliphatic heterocycles. The van der Waals surface area contributed by atoms with Crippen molar-refractivity contribution in [2.45, 2.75) is 181 Å². The molecule has 0 aliphatic rings. The van der Waals surface area contributed by atoms with E-state index in [-0.39, 0.29) is 0 Å². The number of allylic oxidation sites excluding steroid dienone is 8. The largest absolute Gasteiger partial charge is 0.352 e. The van der Waals surface area contributed by atoms with Gasteiger partial charge in [0.05, 0.1) is 0 Å². The summed E-state index contributed by atoms with van der Waals surface area (Å²) in [5.41, 5.74) is 5.25. The van der Waals surface area contributed by atoms with E-state index in [4.69, 9.17) is 5.73 Å². The SMILES string of the molecule is CCCCC/C=C\C/C=C\CCCCCCCCC(CCCCCCCC/C=C\C/C=C\CCCCC)CN(C)CCNC(N)=O. The van der Waals surface area contributed by atoms with E-state index in [1.807, 2.05) is 0 Å². The third-order valence-electron chi connectivity index (χ3n) is 8.99. The van der Waals surface area contributed by atoms with Crippen LogP contribution in [0.4, 0.5) is 4.79 Å². The zero-order chi connectivity index (χ0) is 33.6. The number of nitrogens with two attached hydrogens (primary N) is 1. The molecule has 0 saturated carbocycles. The number of nitrogens with zero attached hydrogens (tertiary/aromatic N) is 1. The summed E-state index contributed by atoms with van der Waals surface area (Å²) in [6.07, 6.45) is 52.9. The Bertz CT molecular complexity index is 693. The van der Waals surface area contributed by atoms with Crippen LogP contribution in [0.2, 0.25) is 0 Å². The van der Waals surface area contributed by atoms with Crippen molar-refractivity contribution >= 4 is 6.03 Å². The van der Waals surface area contributed by atoms with Crippen molar-refractivity contribution in [3.63, 3.8) is 0 Å². The number of urea groups is 1. The highest BCUT2D eigenvalue weighted by atomic mass is 16.2. The van der Waals surface area contributed by atoms with Gasteiger partial charge >= 0.3 is 6.03 Å². The van der Waals surface area contributed by atoms with Crippen LogP contribution in [0.3, 0.4) is 0 Å². The maximum absolute atomic E-state index is 11.0. The molecule has 0 spiro atoms. The smallest absolute Gasteiger partial charge is 0.312 e. The van der Waals surface area contributed by atoms with Crippen LogP contribution in [0.25, 0.3) is 0 Å². The first kappa shape index (κ1) is 44.2. The Balaban J connectivity index is 4.01. The second kappa shape index (κ2) is 37.6. The van der Waals surface area contributed by atoms with Crippen molar-refractivity contribution in [3.05, 3.63) is 48.6 Å². The van der Waals surface area contributed by atoms with Gasteiger partial charge in [0.2, 0.25) is 0 Å². The third kappa shape index (κ3) is 36.7. The summed E-state index contributed by atoms with van der Waals surface area (Å²) < 4.78 is 0. The molecule has 46 heavy (non-hydrogen) atoms. The van der Waals surface area contributed by atoms with Crippen LogP contribution in [0.5, 0.6) is 0 Å². The average molecular weight is 642 g/mol. The fourth-order valence-corrected chi connectivity index (χ4v) is 6.07. The van der Waals surface area contributed by atoms with Gasteiger partial charge in [-0.2, -0.15) is 0 Å². The van der Waals surface area contributed by atoms with E-state index in [0.29, 0.717) is 6.54 Å². The zero-order valence-electron chi connectivity index (χ0n) is 31.1. The van der Waals surface area contributed by atoms with E-state index in [1.165, 1.54) is 154 Å². The molecule has 4 heteroatoms. The summed E-state index contributed by atoms with van der Waals surface area (Å²) in [5.74, 6) is 0.759. The lowest BCUT2D eigenvalue weighted by atomic mass is 9.93. The first-order chi connectivity index (χ1) is 22.6. The molecular formula is C42H79N3O. The molecule has 0 aromatic carbocycles. The van der Waals surface area contributed by atoms with Crippen molar-refractivity contribution in [3.8, 4) is 0 Å². The number of rotatable bonds is 35. The molecule has 0 unspecified atom stereocenters. The molecule has 0 fully saturated rings. The minimum atomic E-state index is -0.423. The second-order valence-corrected chi connectivity index (χ2v) is 13.7. The molecule has 0 saturated heterocycles. The van der Waals surface area contributed by atoms with Gasteiger partial charge in [-0.25, -0.2) is 4.79 Å². The highest BCUT2D eigenvalue weighted by molar-refractivity contribution is 5.71. The van der Waals surface area contributed by atoms with E-state index in [0.717, 1.165) is 31.8 Å². The summed E-state index contributed by atoms with van der Waals surface area (Å²) in [4.78, 5) is 13.4. The van der Waals surface area contributed by atoms with Gasteiger partial charge in [0, 0.05) is 19.6 Å². The lowest BCUT2D eigenvalue weighted by Gasteiger charge is -2.24. The molecule has 4 nitrogen and oxygen atoms in total. The molecule has 0 rings (SSSR count). The van der Waals surface area contributed by atoms with Crippen molar-refractivity contribution in [1.82, 2.24) is 10.2 Å². The molecule has 0 bridgehead atoms. The van der Waals surface area contributed by atoms with Gasteiger partial charge in [0.1, 0.15) is 0 Å². The fraction of sp³-hybridized carbons (Fsp3) is 0.786. The van der Waals surface area contributed by atoms with Crippen LogP contribution in [0.1, 0.15) is 181 Å². The molecule has 0 aliphatic carbocycles. The summed E-state index contributed by atoms with van der Waals surface area (Å²) in [6, 6.07) is -0.423. The van der Waals surface area contributed by atoms with E-state index in [9.17, 15) is 4.79 Å². The Kier molecular flexibility index (Phi) is 36.2. The number of carbonyl (C=O) groups is 1. The predicted octanol–water partition coefficient (Wildman–Crippen LogP) is 12.6. The summed E-state index contributed by atoms with van der Waals surface area (Å²) in [7, 11) is 2.19. The molecular weight excluding hydrogens is 562 g/mol. The Morgan fingerprint density at radius 3 is 1.33 bits per heavy atom. The zero-order valence-corrected chi connectivity index (χ0v) is 31.1. The fourth-order valence-electron chi connectivity index (χ4n) is 6.07. The van der Waals surface area contributed by atoms with Gasteiger partial charge in [0.15, 0.2) is 0 Å². The lowest BCUT2D eigenvalue weighted by molar-refractivity contribution is 0.237. The lowest BCUT2D eigenvalue weighted by Crippen LogP contribution is -2.37. The van der Waals surface area contributed by atoms with Crippen LogP contribution < -0.4 is 11.1 Å². The van der Waals surface area contributed by atoms with Crippen molar-refractivity contribution < 1.29 is 4.79 Å². The van der Waals surface area contributed by atoms with Crippen molar-refractivity contribution in [2.75, 3.05) is 26.7 Å². The first-order valence-electron chi connectivity index (χ1n) is 19.9. The number of amides is 2. The monoisotopic (exact) mass is 642 g/mol. The average Bonchev–Trinajstić information content (AvgIpc) is 3.04. The quantitative estimate of drug-likeness (QED) is 0.0534. The second-order valence-electron chi connectivity index (χ2n) is 13.7. The predicted molar refractivity (Wildman–Crippen MR) is 207 cm³/mol. The van der Waals surface area contributed by atoms with Gasteiger partial charge < -0.3 is 16.0 Å². The summed E-state index contributed by atoms with van der Waals surface area (Å²) >= 11 is 0. The number of hydrogen-bond acceptors (Lipinski definition) is 2. The highest BCUT2D eigenvalue weighted by Gasteiger charge is 2.12. The molecule has 0 heterocycles. The maximum atomic E-state index is 11.0. The highest BCUT2D eigenvalue weighted by Crippen LogP contribution is 2.20. The number of hydrogen-bond donors (Lipinski definition) is 2. The number of unbranched alkanes of at least 4 members (excludes halogenated alkanes) is 18. The van der Waals surface area contributed by atoms with Gasteiger partial charge in [-0.05, 0) is 90.0 Å². The topological polar surface area (TPSA) is 58.4 Å².